The van der Waals surface area contributed by atoms with E-state index >= 15 is 0 Å². The molecule has 0 saturated carbocycles. The molecule has 0 aliphatic carbocycles. The fourth-order valence-electron chi connectivity index (χ4n) is 1.65. The van der Waals surface area contributed by atoms with E-state index in [4.69, 9.17) is 32.7 Å². The van der Waals surface area contributed by atoms with Gasteiger partial charge in [0, 0.05) is 0 Å². The Bertz CT molecular complexity index is 396. The maximum atomic E-state index is 9.23. The van der Waals surface area contributed by atoms with Crippen molar-refractivity contribution >= 4 is 34.5 Å². The molecule has 2 atom stereocenters. The van der Waals surface area contributed by atoms with Gasteiger partial charge in [-0.15, -0.1) is 11.3 Å². The van der Waals surface area contributed by atoms with Crippen molar-refractivity contribution in [3.05, 3.63) is 14.5 Å². The average molecular weight is 284 g/mol. The van der Waals surface area contributed by atoms with E-state index in [1.165, 1.54) is 11.3 Å². The Kier molecular flexibility index (Phi) is 3.45. The molecule has 1 aromatic rings. The van der Waals surface area contributed by atoms with Crippen LogP contribution in [0.5, 0.6) is 0 Å². The SMILES string of the molecule is CC1(C)O[C@@H](CO)[C@H](c2sc(Cl)nc2Cl)O1. The normalized spacial score (nSPS) is 28.6. The number of nitrogens with zero attached hydrogens (tertiary/aromatic N) is 1. The van der Waals surface area contributed by atoms with E-state index in [0.29, 0.717) is 14.5 Å². The zero-order valence-electron chi connectivity index (χ0n) is 8.74. The van der Waals surface area contributed by atoms with Gasteiger partial charge in [-0.1, -0.05) is 23.2 Å². The minimum atomic E-state index is -0.738. The highest BCUT2D eigenvalue weighted by Crippen LogP contribution is 2.43. The van der Waals surface area contributed by atoms with Crippen molar-refractivity contribution in [3.63, 3.8) is 0 Å². The van der Waals surface area contributed by atoms with Crippen LogP contribution in [0, 0.1) is 0 Å². The van der Waals surface area contributed by atoms with Crippen LogP contribution < -0.4 is 0 Å². The summed E-state index contributed by atoms with van der Waals surface area (Å²) in [5, 5.41) is 9.54. The number of ether oxygens (including phenoxy) is 2. The van der Waals surface area contributed by atoms with Gasteiger partial charge in [-0.3, -0.25) is 0 Å². The van der Waals surface area contributed by atoms with Gasteiger partial charge in [-0.05, 0) is 13.8 Å². The second-order valence-corrected chi connectivity index (χ2v) is 5.87. The van der Waals surface area contributed by atoms with Crippen molar-refractivity contribution in [2.75, 3.05) is 6.61 Å². The van der Waals surface area contributed by atoms with Gasteiger partial charge in [0.25, 0.3) is 0 Å². The summed E-state index contributed by atoms with van der Waals surface area (Å²) < 4.78 is 11.6. The molecule has 1 aliphatic heterocycles. The third-order valence-corrected chi connectivity index (χ3v) is 3.83. The molecule has 1 fully saturated rings. The van der Waals surface area contributed by atoms with Gasteiger partial charge in [0.1, 0.15) is 17.4 Å². The molecular weight excluding hydrogens is 273 g/mol. The maximum Gasteiger partial charge on any atom is 0.185 e. The molecular formula is C9H11Cl2NO3S. The van der Waals surface area contributed by atoms with Crippen LogP contribution in [0.1, 0.15) is 24.8 Å². The van der Waals surface area contributed by atoms with Crippen LogP contribution in [0.3, 0.4) is 0 Å². The molecule has 90 valence electrons. The monoisotopic (exact) mass is 283 g/mol. The fraction of sp³-hybridized carbons (Fsp3) is 0.667. The van der Waals surface area contributed by atoms with Crippen molar-refractivity contribution < 1.29 is 14.6 Å². The molecule has 1 aliphatic rings. The maximum absolute atomic E-state index is 9.23. The first-order valence-corrected chi connectivity index (χ1v) is 6.28. The zero-order valence-corrected chi connectivity index (χ0v) is 11.1. The summed E-state index contributed by atoms with van der Waals surface area (Å²) in [4.78, 5) is 4.60. The average Bonchev–Trinajstić information content (AvgIpc) is 2.65. The standard InChI is InChI=1S/C9H11Cl2NO3S/c1-9(2)14-4(3-13)5(15-9)6-7(10)12-8(11)16-6/h4-5,13H,3H2,1-2H3/t4-,5+/m0/s1. The number of hydrogen-bond donors (Lipinski definition) is 1. The summed E-state index contributed by atoms with van der Waals surface area (Å²) >= 11 is 12.9. The Morgan fingerprint density at radius 2 is 2.12 bits per heavy atom. The highest BCUT2D eigenvalue weighted by molar-refractivity contribution is 7.16. The largest absolute Gasteiger partial charge is 0.394 e. The van der Waals surface area contributed by atoms with Crippen LogP contribution >= 0.6 is 34.5 Å². The van der Waals surface area contributed by atoms with E-state index in [9.17, 15) is 5.11 Å². The number of thiazole rings is 1. The minimum absolute atomic E-state index is 0.139. The Morgan fingerprint density at radius 3 is 2.62 bits per heavy atom. The third kappa shape index (κ3) is 2.34. The highest BCUT2D eigenvalue weighted by atomic mass is 35.5. The molecule has 0 unspecified atom stereocenters. The van der Waals surface area contributed by atoms with Crippen molar-refractivity contribution in [2.24, 2.45) is 0 Å². The first-order chi connectivity index (χ1) is 7.43. The van der Waals surface area contributed by atoms with Crippen LogP contribution in [-0.4, -0.2) is 28.6 Å². The molecule has 7 heteroatoms. The van der Waals surface area contributed by atoms with Crippen LogP contribution in [0.25, 0.3) is 0 Å². The summed E-state index contributed by atoms with van der Waals surface area (Å²) in [6.45, 7) is 3.43. The van der Waals surface area contributed by atoms with E-state index < -0.39 is 18.0 Å². The molecule has 16 heavy (non-hydrogen) atoms. The number of aliphatic hydroxyl groups excluding tert-OH is 1. The van der Waals surface area contributed by atoms with Gasteiger partial charge in [-0.25, -0.2) is 4.98 Å². The van der Waals surface area contributed by atoms with Crippen molar-refractivity contribution in [1.29, 1.82) is 0 Å². The van der Waals surface area contributed by atoms with Gasteiger partial charge in [0.05, 0.1) is 11.5 Å². The summed E-state index contributed by atoms with van der Waals surface area (Å²) in [6.07, 6.45) is -0.860. The Balaban J connectivity index is 2.30. The lowest BCUT2D eigenvalue weighted by atomic mass is 10.2. The number of aromatic nitrogens is 1. The van der Waals surface area contributed by atoms with Gasteiger partial charge in [0.15, 0.2) is 10.3 Å². The molecule has 0 amide bonds. The van der Waals surface area contributed by atoms with E-state index in [1.54, 1.807) is 13.8 Å². The Morgan fingerprint density at radius 1 is 1.44 bits per heavy atom. The second-order valence-electron chi connectivity index (χ2n) is 3.90. The molecule has 2 heterocycles. The minimum Gasteiger partial charge on any atom is -0.394 e. The quantitative estimate of drug-likeness (QED) is 0.907. The van der Waals surface area contributed by atoms with Crippen molar-refractivity contribution in [3.8, 4) is 0 Å². The summed E-state index contributed by atoms with van der Waals surface area (Å²) in [5.74, 6) is -0.738. The molecule has 1 N–H and O–H groups in total. The van der Waals surface area contributed by atoms with Gasteiger partial charge in [0.2, 0.25) is 0 Å². The first-order valence-electron chi connectivity index (χ1n) is 4.71. The van der Waals surface area contributed by atoms with Crippen LogP contribution in [0.2, 0.25) is 9.62 Å². The summed E-state index contributed by atoms with van der Waals surface area (Å²) in [7, 11) is 0. The van der Waals surface area contributed by atoms with Crippen molar-refractivity contribution in [2.45, 2.75) is 31.8 Å². The molecule has 1 aromatic heterocycles. The van der Waals surface area contributed by atoms with Gasteiger partial charge >= 0.3 is 0 Å². The highest BCUT2D eigenvalue weighted by Gasteiger charge is 2.43. The topological polar surface area (TPSA) is 51.6 Å². The second kappa shape index (κ2) is 4.40. The summed E-state index contributed by atoms with van der Waals surface area (Å²) in [5.41, 5.74) is 0. The molecule has 1 saturated heterocycles. The number of rotatable bonds is 2. The molecule has 0 aromatic carbocycles. The number of halogens is 2. The molecule has 0 radical (unpaired) electrons. The number of aliphatic hydroxyl groups is 1. The van der Waals surface area contributed by atoms with Gasteiger partial charge < -0.3 is 14.6 Å². The lowest BCUT2D eigenvalue weighted by Gasteiger charge is -2.16. The Hall–Kier alpha value is 0.0900. The third-order valence-electron chi connectivity index (χ3n) is 2.21. The van der Waals surface area contributed by atoms with E-state index in [1.807, 2.05) is 0 Å². The smallest absolute Gasteiger partial charge is 0.185 e. The van der Waals surface area contributed by atoms with E-state index in [0.717, 1.165) is 0 Å². The zero-order chi connectivity index (χ0) is 11.9. The van der Waals surface area contributed by atoms with E-state index in [2.05, 4.69) is 4.98 Å². The van der Waals surface area contributed by atoms with E-state index in [-0.39, 0.29) is 6.61 Å². The van der Waals surface area contributed by atoms with Crippen molar-refractivity contribution in [1.82, 2.24) is 4.98 Å². The summed E-state index contributed by atoms with van der Waals surface area (Å²) in [6, 6.07) is 0. The van der Waals surface area contributed by atoms with Gasteiger partial charge in [-0.2, -0.15) is 0 Å². The fourth-order valence-corrected chi connectivity index (χ4v) is 3.15. The molecule has 0 bridgehead atoms. The molecule has 2 rings (SSSR count). The predicted molar refractivity (Wildman–Crippen MR) is 62.0 cm³/mol. The van der Waals surface area contributed by atoms with Crippen LogP contribution in [0.4, 0.5) is 0 Å². The lowest BCUT2D eigenvalue weighted by Crippen LogP contribution is -2.23. The molecule has 0 spiro atoms. The molecule has 4 nitrogen and oxygen atoms in total. The number of hydrogen-bond acceptors (Lipinski definition) is 5. The lowest BCUT2D eigenvalue weighted by molar-refractivity contribution is -0.149. The van der Waals surface area contributed by atoms with Crippen LogP contribution in [0.15, 0.2) is 0 Å². The Labute approximate surface area is 107 Å². The first kappa shape index (κ1) is 12.5. The van der Waals surface area contributed by atoms with Crippen LogP contribution in [-0.2, 0) is 9.47 Å². The predicted octanol–water partition coefficient (Wildman–Crippen LogP) is 2.63.